The standard InChI is InChI=1S/C26H28N2O6S2/c1-4-33-26(30)24-22(14-23(35-24)19-8-6-5-7-9-19)27-25(29)20-10-12-21(13-11-20)36(31,32)28-15-17(2)34-18(3)16-28/h5-14,17-18H,4,15-16H2,1-3H3,(H,27,29)/t17-,18+. The first-order valence-corrected chi connectivity index (χ1v) is 13.9. The topological polar surface area (TPSA) is 102 Å². The van der Waals surface area contributed by atoms with E-state index in [1.54, 1.807) is 13.0 Å². The summed E-state index contributed by atoms with van der Waals surface area (Å²) in [6.45, 7) is 6.14. The highest BCUT2D eigenvalue weighted by Crippen LogP contribution is 2.35. The lowest BCUT2D eigenvalue weighted by atomic mass is 10.2. The van der Waals surface area contributed by atoms with E-state index >= 15 is 0 Å². The Balaban J connectivity index is 1.55. The fourth-order valence-corrected chi connectivity index (χ4v) is 6.63. The third kappa shape index (κ3) is 5.67. The minimum Gasteiger partial charge on any atom is -0.462 e. The number of hydrogen-bond acceptors (Lipinski definition) is 7. The van der Waals surface area contributed by atoms with Crippen molar-refractivity contribution in [2.24, 2.45) is 0 Å². The first-order valence-electron chi connectivity index (χ1n) is 11.6. The van der Waals surface area contributed by atoms with Gasteiger partial charge in [-0.25, -0.2) is 13.2 Å². The monoisotopic (exact) mass is 528 g/mol. The van der Waals surface area contributed by atoms with E-state index in [2.05, 4.69) is 5.32 Å². The average molecular weight is 529 g/mol. The smallest absolute Gasteiger partial charge is 0.350 e. The highest BCUT2D eigenvalue weighted by molar-refractivity contribution is 7.89. The summed E-state index contributed by atoms with van der Waals surface area (Å²) in [5.41, 5.74) is 1.52. The van der Waals surface area contributed by atoms with E-state index in [-0.39, 0.29) is 42.4 Å². The minimum absolute atomic E-state index is 0.106. The van der Waals surface area contributed by atoms with Crippen LogP contribution in [0.3, 0.4) is 0 Å². The number of amides is 1. The fraction of sp³-hybridized carbons (Fsp3) is 0.308. The molecule has 10 heteroatoms. The molecule has 1 aliphatic heterocycles. The summed E-state index contributed by atoms with van der Waals surface area (Å²) in [4.78, 5) is 26.7. The van der Waals surface area contributed by atoms with Crippen molar-refractivity contribution in [2.45, 2.75) is 37.9 Å². The van der Waals surface area contributed by atoms with Gasteiger partial charge in [-0.15, -0.1) is 11.3 Å². The fourth-order valence-electron chi connectivity index (χ4n) is 4.03. The number of thiophene rings is 1. The van der Waals surface area contributed by atoms with Crippen molar-refractivity contribution in [3.63, 3.8) is 0 Å². The molecule has 2 atom stereocenters. The summed E-state index contributed by atoms with van der Waals surface area (Å²) in [5, 5.41) is 2.78. The van der Waals surface area contributed by atoms with Crippen LogP contribution >= 0.6 is 11.3 Å². The molecule has 36 heavy (non-hydrogen) atoms. The largest absolute Gasteiger partial charge is 0.462 e. The van der Waals surface area contributed by atoms with Crippen molar-refractivity contribution in [1.29, 1.82) is 0 Å². The van der Waals surface area contributed by atoms with Crippen molar-refractivity contribution >= 4 is 38.9 Å². The molecule has 1 aromatic heterocycles. The van der Waals surface area contributed by atoms with Gasteiger partial charge in [-0.05, 0) is 56.7 Å². The number of sulfonamides is 1. The van der Waals surface area contributed by atoms with Crippen LogP contribution in [0.1, 0.15) is 40.8 Å². The van der Waals surface area contributed by atoms with E-state index in [1.807, 2.05) is 44.2 Å². The third-order valence-electron chi connectivity index (χ3n) is 5.64. The van der Waals surface area contributed by atoms with Gasteiger partial charge < -0.3 is 14.8 Å². The van der Waals surface area contributed by atoms with Gasteiger partial charge in [0.15, 0.2) is 0 Å². The first-order chi connectivity index (χ1) is 17.2. The van der Waals surface area contributed by atoms with Gasteiger partial charge in [0.2, 0.25) is 10.0 Å². The summed E-state index contributed by atoms with van der Waals surface area (Å²) >= 11 is 1.24. The number of nitrogens with one attached hydrogen (secondary N) is 1. The van der Waals surface area contributed by atoms with Gasteiger partial charge in [-0.1, -0.05) is 30.3 Å². The van der Waals surface area contributed by atoms with E-state index in [0.29, 0.717) is 10.6 Å². The maximum absolute atomic E-state index is 13.1. The molecular formula is C26H28N2O6S2. The van der Waals surface area contributed by atoms with Gasteiger partial charge >= 0.3 is 5.97 Å². The van der Waals surface area contributed by atoms with Crippen molar-refractivity contribution in [1.82, 2.24) is 4.31 Å². The Morgan fingerprint density at radius 3 is 2.31 bits per heavy atom. The number of ether oxygens (including phenoxy) is 2. The van der Waals surface area contributed by atoms with E-state index in [4.69, 9.17) is 9.47 Å². The van der Waals surface area contributed by atoms with E-state index in [1.165, 1.54) is 39.9 Å². The second kappa shape index (κ2) is 10.9. The van der Waals surface area contributed by atoms with Gasteiger partial charge in [0.1, 0.15) is 4.88 Å². The molecule has 1 N–H and O–H groups in total. The van der Waals surface area contributed by atoms with Crippen molar-refractivity contribution in [3.05, 3.63) is 71.1 Å². The lowest BCUT2D eigenvalue weighted by Gasteiger charge is -2.34. The molecule has 0 unspecified atom stereocenters. The number of hydrogen-bond donors (Lipinski definition) is 1. The van der Waals surface area contributed by atoms with Crippen molar-refractivity contribution < 1.29 is 27.5 Å². The van der Waals surface area contributed by atoms with Gasteiger partial charge in [0, 0.05) is 23.5 Å². The Morgan fingerprint density at radius 1 is 1.06 bits per heavy atom. The summed E-state index contributed by atoms with van der Waals surface area (Å²) in [6.07, 6.45) is -0.401. The zero-order valence-electron chi connectivity index (χ0n) is 20.3. The number of esters is 1. The molecule has 4 rings (SSSR count). The summed E-state index contributed by atoms with van der Waals surface area (Å²) < 4.78 is 38.4. The molecule has 0 saturated carbocycles. The van der Waals surface area contributed by atoms with Crippen LogP contribution in [-0.2, 0) is 19.5 Å². The molecule has 190 valence electrons. The number of carbonyl (C=O) groups is 2. The lowest BCUT2D eigenvalue weighted by molar-refractivity contribution is -0.0440. The summed E-state index contributed by atoms with van der Waals surface area (Å²) in [5.74, 6) is -0.981. The number of morpholine rings is 1. The Bertz CT molecular complexity index is 1330. The van der Waals surface area contributed by atoms with Crippen LogP contribution in [0.15, 0.2) is 65.6 Å². The molecule has 0 spiro atoms. The lowest BCUT2D eigenvalue weighted by Crippen LogP contribution is -2.48. The van der Waals surface area contributed by atoms with Crippen LogP contribution in [-0.4, -0.2) is 56.5 Å². The first kappa shape index (κ1) is 26.0. The molecule has 1 aliphatic rings. The zero-order valence-corrected chi connectivity index (χ0v) is 21.9. The molecule has 0 radical (unpaired) electrons. The molecule has 2 aromatic carbocycles. The summed E-state index contributed by atoms with van der Waals surface area (Å²) in [7, 11) is -3.72. The molecule has 3 aromatic rings. The molecule has 1 amide bonds. The van der Waals surface area contributed by atoms with Crippen LogP contribution < -0.4 is 5.32 Å². The predicted molar refractivity (Wildman–Crippen MR) is 139 cm³/mol. The van der Waals surface area contributed by atoms with Crippen molar-refractivity contribution in [3.8, 4) is 10.4 Å². The SMILES string of the molecule is CCOC(=O)c1sc(-c2ccccc2)cc1NC(=O)c1ccc(S(=O)(=O)N2C[C@@H](C)O[C@@H](C)C2)cc1. The number of anilines is 1. The second-order valence-corrected chi connectivity index (χ2v) is 11.5. The second-order valence-electron chi connectivity index (χ2n) is 8.50. The molecule has 1 saturated heterocycles. The highest BCUT2D eigenvalue weighted by atomic mass is 32.2. The Labute approximate surface area is 214 Å². The number of benzene rings is 2. The number of nitrogens with zero attached hydrogens (tertiary/aromatic N) is 1. The van der Waals surface area contributed by atoms with Crippen LogP contribution in [0.5, 0.6) is 0 Å². The predicted octanol–water partition coefficient (Wildman–Crippen LogP) is 4.64. The van der Waals surface area contributed by atoms with Crippen LogP contribution in [0.25, 0.3) is 10.4 Å². The molecule has 8 nitrogen and oxygen atoms in total. The number of rotatable bonds is 7. The van der Waals surface area contributed by atoms with E-state index in [0.717, 1.165) is 10.4 Å². The highest BCUT2D eigenvalue weighted by Gasteiger charge is 2.32. The van der Waals surface area contributed by atoms with E-state index < -0.39 is 21.9 Å². The normalized spacial score (nSPS) is 18.5. The van der Waals surface area contributed by atoms with Gasteiger partial charge in [0.25, 0.3) is 5.91 Å². The third-order valence-corrected chi connectivity index (χ3v) is 8.65. The minimum atomic E-state index is -3.72. The van der Waals surface area contributed by atoms with Crippen LogP contribution in [0.2, 0.25) is 0 Å². The molecule has 1 fully saturated rings. The van der Waals surface area contributed by atoms with Gasteiger partial charge in [-0.2, -0.15) is 4.31 Å². The molecular weight excluding hydrogens is 500 g/mol. The maximum atomic E-state index is 13.1. The zero-order chi connectivity index (χ0) is 25.9. The van der Waals surface area contributed by atoms with E-state index in [9.17, 15) is 18.0 Å². The van der Waals surface area contributed by atoms with Gasteiger partial charge in [-0.3, -0.25) is 4.79 Å². The molecule has 0 bridgehead atoms. The quantitative estimate of drug-likeness (QED) is 0.448. The average Bonchev–Trinajstić information content (AvgIpc) is 3.28. The van der Waals surface area contributed by atoms with Crippen LogP contribution in [0, 0.1) is 0 Å². The molecule has 0 aliphatic carbocycles. The maximum Gasteiger partial charge on any atom is 0.350 e. The Hall–Kier alpha value is -3.05. The van der Waals surface area contributed by atoms with Gasteiger partial charge in [0.05, 0.1) is 29.4 Å². The number of carbonyl (C=O) groups excluding carboxylic acids is 2. The van der Waals surface area contributed by atoms with Crippen molar-refractivity contribution in [2.75, 3.05) is 25.0 Å². The molecule has 2 heterocycles. The van der Waals surface area contributed by atoms with Crippen LogP contribution in [0.4, 0.5) is 5.69 Å². The summed E-state index contributed by atoms with van der Waals surface area (Å²) in [6, 6.07) is 17.0. The Kier molecular flexibility index (Phi) is 7.89. The Morgan fingerprint density at radius 2 is 1.69 bits per heavy atom.